The highest BCUT2D eigenvalue weighted by Crippen LogP contribution is 2.43. The Morgan fingerprint density at radius 3 is 2.58 bits per heavy atom. The van der Waals surface area contributed by atoms with Crippen LogP contribution < -0.4 is 9.47 Å². The molecule has 2 unspecified atom stereocenters. The van der Waals surface area contributed by atoms with Crippen molar-refractivity contribution in [1.82, 2.24) is 4.90 Å². The fraction of sp³-hybridized carbons (Fsp3) is 0.577. The summed E-state index contributed by atoms with van der Waals surface area (Å²) in [5.41, 5.74) is 3.72. The zero-order chi connectivity index (χ0) is 24.3. The van der Waals surface area contributed by atoms with E-state index >= 15 is 0 Å². The van der Waals surface area contributed by atoms with Crippen LogP contribution in [0, 0.1) is 18.8 Å². The van der Waals surface area contributed by atoms with Crippen molar-refractivity contribution in [3.8, 4) is 11.5 Å². The van der Waals surface area contributed by atoms with Crippen LogP contribution >= 0.6 is 0 Å². The molecule has 0 aromatic heterocycles. The largest absolute Gasteiger partial charge is 0.496 e. The summed E-state index contributed by atoms with van der Waals surface area (Å²) in [6.07, 6.45) is 7.79. The summed E-state index contributed by atoms with van der Waals surface area (Å²) in [5, 5.41) is 0. The summed E-state index contributed by atoms with van der Waals surface area (Å²) in [6.45, 7) is 5.35. The lowest BCUT2D eigenvalue weighted by atomic mass is 9.81. The molecule has 7 nitrogen and oxygen atoms in total. The summed E-state index contributed by atoms with van der Waals surface area (Å²) in [5.74, 6) is 0.00131. The van der Waals surface area contributed by atoms with E-state index in [9.17, 15) is 14.4 Å². The summed E-state index contributed by atoms with van der Waals surface area (Å²) in [4.78, 5) is 38.8. The second-order valence-electron chi connectivity index (χ2n) is 9.20. The quantitative estimate of drug-likeness (QED) is 0.273. The SMILES string of the molecule is COc1c(C)c2c(c(OC(C)=O)c1CC=C1CCCCCC1C(C)C(=O)N(C)C)C(=O)OC2. The second-order valence-corrected chi connectivity index (χ2v) is 9.20. The van der Waals surface area contributed by atoms with Gasteiger partial charge in [-0.05, 0) is 44.1 Å². The van der Waals surface area contributed by atoms with Gasteiger partial charge in [0.05, 0.1) is 7.11 Å². The molecule has 2 aliphatic rings. The lowest BCUT2D eigenvalue weighted by Gasteiger charge is -2.27. The Morgan fingerprint density at radius 1 is 1.21 bits per heavy atom. The van der Waals surface area contributed by atoms with Crippen molar-refractivity contribution in [1.29, 1.82) is 0 Å². The van der Waals surface area contributed by atoms with Crippen LogP contribution in [0.1, 0.15) is 73.0 Å². The van der Waals surface area contributed by atoms with Crippen molar-refractivity contribution in [2.24, 2.45) is 11.8 Å². The molecule has 2 atom stereocenters. The predicted octanol–water partition coefficient (Wildman–Crippen LogP) is 4.37. The van der Waals surface area contributed by atoms with Gasteiger partial charge in [0.1, 0.15) is 17.9 Å². The van der Waals surface area contributed by atoms with Gasteiger partial charge in [-0.2, -0.15) is 0 Å². The van der Waals surface area contributed by atoms with Crippen molar-refractivity contribution < 1.29 is 28.6 Å². The molecule has 0 bridgehead atoms. The molecule has 1 heterocycles. The Balaban J connectivity index is 2.07. The fourth-order valence-corrected chi connectivity index (χ4v) is 5.14. The Kier molecular flexibility index (Phi) is 7.82. The van der Waals surface area contributed by atoms with Crippen LogP contribution in [-0.4, -0.2) is 44.0 Å². The Labute approximate surface area is 196 Å². The Hall–Kier alpha value is -2.83. The number of rotatable bonds is 6. The number of esters is 2. The van der Waals surface area contributed by atoms with Gasteiger partial charge in [0.25, 0.3) is 0 Å². The number of carbonyl (C=O) groups is 3. The first-order valence-corrected chi connectivity index (χ1v) is 11.6. The molecule has 3 rings (SSSR count). The van der Waals surface area contributed by atoms with Crippen molar-refractivity contribution >= 4 is 17.8 Å². The summed E-state index contributed by atoms with van der Waals surface area (Å²) in [7, 11) is 5.16. The third-order valence-electron chi connectivity index (χ3n) is 6.83. The van der Waals surface area contributed by atoms with Gasteiger partial charge >= 0.3 is 11.9 Å². The second kappa shape index (κ2) is 10.4. The van der Waals surface area contributed by atoms with Crippen molar-refractivity contribution in [2.45, 2.75) is 65.9 Å². The van der Waals surface area contributed by atoms with Crippen LogP contribution in [0.5, 0.6) is 11.5 Å². The van der Waals surface area contributed by atoms with Gasteiger partial charge in [0, 0.05) is 38.1 Å². The third-order valence-corrected chi connectivity index (χ3v) is 6.83. The maximum Gasteiger partial charge on any atom is 0.342 e. The first kappa shape index (κ1) is 24.8. The van der Waals surface area contributed by atoms with Gasteiger partial charge in [-0.1, -0.05) is 31.4 Å². The normalized spacial score (nSPS) is 20.0. The predicted molar refractivity (Wildman–Crippen MR) is 124 cm³/mol. The molecule has 1 saturated carbocycles. The van der Waals surface area contributed by atoms with Crippen LogP contribution in [-0.2, 0) is 27.4 Å². The van der Waals surface area contributed by atoms with E-state index in [-0.39, 0.29) is 30.1 Å². The van der Waals surface area contributed by atoms with E-state index < -0.39 is 11.9 Å². The average Bonchev–Trinajstić information content (AvgIpc) is 3.00. The number of carbonyl (C=O) groups excluding carboxylic acids is 3. The maximum absolute atomic E-state index is 12.7. The number of methoxy groups -OCH3 is 1. The van der Waals surface area contributed by atoms with Crippen molar-refractivity contribution in [3.05, 3.63) is 33.9 Å². The van der Waals surface area contributed by atoms with Gasteiger partial charge in [-0.25, -0.2) is 4.79 Å². The Morgan fingerprint density at radius 2 is 1.94 bits per heavy atom. The van der Waals surface area contributed by atoms with Gasteiger partial charge in [0.15, 0.2) is 5.75 Å². The molecular formula is C26H35NO6. The van der Waals surface area contributed by atoms with Crippen LogP contribution in [0.3, 0.4) is 0 Å². The van der Waals surface area contributed by atoms with E-state index in [0.717, 1.165) is 37.7 Å². The summed E-state index contributed by atoms with van der Waals surface area (Å²) < 4.78 is 16.5. The molecule has 7 heteroatoms. The topological polar surface area (TPSA) is 82.1 Å². The van der Waals surface area contributed by atoms with E-state index in [1.165, 1.54) is 12.5 Å². The van der Waals surface area contributed by atoms with Crippen LogP contribution in [0.15, 0.2) is 11.6 Å². The number of benzene rings is 1. The standard InChI is InChI=1S/C26H35NO6/c1-15-21-14-32-26(30)22(21)24(33-17(3)28)20(23(15)31-6)13-12-18-10-8-7-9-11-19(18)16(2)25(29)27(4)5/h12,16,19H,7-11,13-14H2,1-6H3. The molecule has 1 aromatic rings. The van der Waals surface area contributed by atoms with E-state index in [1.807, 2.05) is 13.8 Å². The van der Waals surface area contributed by atoms with E-state index in [2.05, 4.69) is 6.08 Å². The Bertz CT molecular complexity index is 978. The summed E-state index contributed by atoms with van der Waals surface area (Å²) in [6, 6.07) is 0. The number of nitrogens with zero attached hydrogens (tertiary/aromatic N) is 1. The van der Waals surface area contributed by atoms with Crippen LogP contribution in [0.2, 0.25) is 0 Å². The highest BCUT2D eigenvalue weighted by Gasteiger charge is 2.34. The average molecular weight is 458 g/mol. The molecule has 0 radical (unpaired) electrons. The van der Waals surface area contributed by atoms with E-state index in [0.29, 0.717) is 28.9 Å². The minimum atomic E-state index is -0.505. The third kappa shape index (κ3) is 5.07. The molecule has 1 aliphatic carbocycles. The number of amides is 1. The molecule has 1 aromatic carbocycles. The summed E-state index contributed by atoms with van der Waals surface area (Å²) >= 11 is 0. The maximum atomic E-state index is 12.7. The highest BCUT2D eigenvalue weighted by atomic mass is 16.6. The van der Waals surface area contributed by atoms with Gasteiger partial charge < -0.3 is 19.1 Å². The van der Waals surface area contributed by atoms with E-state index in [1.54, 1.807) is 26.1 Å². The number of ether oxygens (including phenoxy) is 3. The molecule has 0 spiro atoms. The highest BCUT2D eigenvalue weighted by molar-refractivity contribution is 5.99. The molecule has 33 heavy (non-hydrogen) atoms. The number of fused-ring (bicyclic) bond motifs is 1. The lowest BCUT2D eigenvalue weighted by molar-refractivity contribution is -0.134. The number of hydrogen-bond donors (Lipinski definition) is 0. The zero-order valence-electron chi connectivity index (χ0n) is 20.6. The number of hydrogen-bond acceptors (Lipinski definition) is 6. The van der Waals surface area contributed by atoms with Gasteiger partial charge in [-0.3, -0.25) is 9.59 Å². The smallest absolute Gasteiger partial charge is 0.342 e. The molecule has 180 valence electrons. The fourth-order valence-electron chi connectivity index (χ4n) is 5.14. The minimum absolute atomic E-state index is 0.115. The molecule has 1 amide bonds. The van der Waals surface area contributed by atoms with Crippen LogP contribution in [0.4, 0.5) is 0 Å². The monoisotopic (exact) mass is 457 g/mol. The molecule has 0 N–H and O–H groups in total. The van der Waals surface area contributed by atoms with Crippen molar-refractivity contribution in [3.63, 3.8) is 0 Å². The van der Waals surface area contributed by atoms with Crippen molar-refractivity contribution in [2.75, 3.05) is 21.2 Å². The number of allylic oxidation sites excluding steroid dienone is 2. The van der Waals surface area contributed by atoms with Gasteiger partial charge in [-0.15, -0.1) is 0 Å². The lowest BCUT2D eigenvalue weighted by Crippen LogP contribution is -2.33. The molecule has 0 saturated heterocycles. The minimum Gasteiger partial charge on any atom is -0.496 e. The first-order valence-electron chi connectivity index (χ1n) is 11.6. The first-order chi connectivity index (χ1) is 15.7. The number of cyclic esters (lactones) is 1. The molecular weight excluding hydrogens is 422 g/mol. The van der Waals surface area contributed by atoms with E-state index in [4.69, 9.17) is 14.2 Å². The zero-order valence-corrected chi connectivity index (χ0v) is 20.6. The molecule has 1 aliphatic heterocycles. The van der Waals surface area contributed by atoms with Gasteiger partial charge in [0.2, 0.25) is 5.91 Å². The van der Waals surface area contributed by atoms with Crippen LogP contribution in [0.25, 0.3) is 0 Å². The molecule has 1 fully saturated rings.